The Hall–Kier alpha value is 0.200. The molecule has 2 rings (SSSR count). The van der Waals surface area contributed by atoms with E-state index in [4.69, 9.17) is 11.6 Å². The molecular formula is C10H12BrClN2S. The Morgan fingerprint density at radius 2 is 2.20 bits per heavy atom. The normalized spacial score (nSPS) is 25.9. The zero-order chi connectivity index (χ0) is 11.1. The van der Waals surface area contributed by atoms with Crippen LogP contribution in [0.3, 0.4) is 0 Å². The summed E-state index contributed by atoms with van der Waals surface area (Å²) in [5.41, 5.74) is 0.915. The summed E-state index contributed by atoms with van der Waals surface area (Å²) >= 11 is 11.4. The summed E-state index contributed by atoms with van der Waals surface area (Å²) in [7, 11) is 0. The molecule has 15 heavy (non-hydrogen) atoms. The van der Waals surface area contributed by atoms with Crippen LogP contribution in [0.1, 0.15) is 31.3 Å². The molecule has 0 bridgehead atoms. The first kappa shape index (κ1) is 11.7. The predicted molar refractivity (Wildman–Crippen MR) is 68.5 cm³/mol. The molecule has 1 fully saturated rings. The molecule has 1 saturated heterocycles. The van der Waals surface area contributed by atoms with Crippen LogP contribution in [0.5, 0.6) is 0 Å². The average Bonchev–Trinajstić information content (AvgIpc) is 2.62. The smallest absolute Gasteiger partial charge is 0.147 e. The van der Waals surface area contributed by atoms with Crippen molar-refractivity contribution < 1.29 is 0 Å². The molecule has 0 aromatic carbocycles. The van der Waals surface area contributed by atoms with E-state index >= 15 is 0 Å². The predicted octanol–water partition coefficient (Wildman–Crippen LogP) is 3.94. The summed E-state index contributed by atoms with van der Waals surface area (Å²) in [4.78, 5) is 8.90. The molecule has 1 aliphatic rings. The zero-order valence-corrected chi connectivity index (χ0v) is 11.8. The first-order chi connectivity index (χ1) is 7.03. The molecule has 0 radical (unpaired) electrons. The van der Waals surface area contributed by atoms with E-state index in [0.29, 0.717) is 5.15 Å². The molecule has 1 atom stereocenters. The van der Waals surface area contributed by atoms with Crippen LogP contribution in [0.15, 0.2) is 4.47 Å². The van der Waals surface area contributed by atoms with Crippen molar-refractivity contribution in [3.05, 3.63) is 21.1 Å². The molecule has 0 N–H and O–H groups in total. The number of thioether (sulfide) groups is 1. The molecule has 82 valence electrons. The number of aromatic nitrogens is 2. The molecule has 1 aromatic heterocycles. The first-order valence-electron chi connectivity index (χ1n) is 4.87. The molecule has 1 unspecified atom stereocenters. The summed E-state index contributed by atoms with van der Waals surface area (Å²) in [6, 6.07) is 0. The minimum atomic E-state index is 0.0507. The highest BCUT2D eigenvalue weighted by molar-refractivity contribution is 9.10. The standard InChI is InChI=1S/C10H12BrClN2S/c1-6-7(11)8(12)14-9(13-6)10(2)4-3-5-15-10/h3-5H2,1-2H3. The Balaban J connectivity index is 2.45. The summed E-state index contributed by atoms with van der Waals surface area (Å²) in [5.74, 6) is 2.06. The second-order valence-corrected chi connectivity index (χ2v) is 6.67. The topological polar surface area (TPSA) is 25.8 Å². The van der Waals surface area contributed by atoms with Crippen LogP contribution in [-0.4, -0.2) is 15.7 Å². The van der Waals surface area contributed by atoms with Crippen molar-refractivity contribution in [1.29, 1.82) is 0 Å². The van der Waals surface area contributed by atoms with E-state index in [0.717, 1.165) is 22.4 Å². The van der Waals surface area contributed by atoms with Gasteiger partial charge in [-0.1, -0.05) is 11.6 Å². The Morgan fingerprint density at radius 1 is 1.47 bits per heavy atom. The third kappa shape index (κ3) is 2.17. The Bertz CT molecular complexity index is 368. The van der Waals surface area contributed by atoms with Crippen LogP contribution >= 0.6 is 39.3 Å². The lowest BCUT2D eigenvalue weighted by Crippen LogP contribution is -2.18. The van der Waals surface area contributed by atoms with Crippen molar-refractivity contribution in [2.75, 3.05) is 5.75 Å². The number of rotatable bonds is 1. The van der Waals surface area contributed by atoms with Crippen LogP contribution in [0, 0.1) is 6.92 Å². The van der Waals surface area contributed by atoms with E-state index in [-0.39, 0.29) is 4.75 Å². The highest BCUT2D eigenvalue weighted by atomic mass is 79.9. The molecule has 1 aliphatic heterocycles. The molecule has 5 heteroatoms. The Kier molecular flexibility index (Phi) is 3.29. The van der Waals surface area contributed by atoms with Gasteiger partial charge in [0.25, 0.3) is 0 Å². The second-order valence-electron chi connectivity index (χ2n) is 3.92. The van der Waals surface area contributed by atoms with E-state index in [2.05, 4.69) is 32.8 Å². The van der Waals surface area contributed by atoms with E-state index < -0.39 is 0 Å². The van der Waals surface area contributed by atoms with Gasteiger partial charge in [0.05, 0.1) is 14.9 Å². The van der Waals surface area contributed by atoms with Crippen LogP contribution in [0.2, 0.25) is 5.15 Å². The fourth-order valence-electron chi connectivity index (χ4n) is 1.72. The van der Waals surface area contributed by atoms with Gasteiger partial charge in [-0.05, 0) is 48.4 Å². The summed E-state index contributed by atoms with van der Waals surface area (Å²) in [5, 5.41) is 0.520. The van der Waals surface area contributed by atoms with Gasteiger partial charge < -0.3 is 0 Å². The lowest BCUT2D eigenvalue weighted by atomic mass is 10.0. The average molecular weight is 308 g/mol. The molecule has 2 heterocycles. The van der Waals surface area contributed by atoms with Crippen molar-refractivity contribution in [2.24, 2.45) is 0 Å². The van der Waals surface area contributed by atoms with Gasteiger partial charge in [0.1, 0.15) is 11.0 Å². The Morgan fingerprint density at radius 3 is 2.73 bits per heavy atom. The largest absolute Gasteiger partial charge is 0.235 e. The van der Waals surface area contributed by atoms with Gasteiger partial charge in [0.15, 0.2) is 0 Å². The second kappa shape index (κ2) is 4.22. The van der Waals surface area contributed by atoms with Crippen molar-refractivity contribution in [3.63, 3.8) is 0 Å². The minimum absolute atomic E-state index is 0.0507. The molecule has 0 spiro atoms. The third-order valence-corrected chi connectivity index (χ3v) is 5.64. The monoisotopic (exact) mass is 306 g/mol. The van der Waals surface area contributed by atoms with E-state index in [1.165, 1.54) is 12.2 Å². The summed E-state index contributed by atoms with van der Waals surface area (Å²) in [6.45, 7) is 4.15. The van der Waals surface area contributed by atoms with Crippen molar-refractivity contribution in [2.45, 2.75) is 31.4 Å². The maximum absolute atomic E-state index is 6.05. The molecule has 0 amide bonds. The van der Waals surface area contributed by atoms with Crippen LogP contribution in [-0.2, 0) is 4.75 Å². The molecule has 0 aliphatic carbocycles. The first-order valence-corrected chi connectivity index (χ1v) is 7.03. The maximum atomic E-state index is 6.05. The van der Waals surface area contributed by atoms with Crippen molar-refractivity contribution >= 4 is 39.3 Å². The fraction of sp³-hybridized carbons (Fsp3) is 0.600. The molecule has 0 saturated carbocycles. The third-order valence-electron chi connectivity index (χ3n) is 2.67. The van der Waals surface area contributed by atoms with Gasteiger partial charge in [0.2, 0.25) is 0 Å². The van der Waals surface area contributed by atoms with Gasteiger partial charge in [-0.15, -0.1) is 11.8 Å². The summed E-state index contributed by atoms with van der Waals surface area (Å²) in [6.07, 6.45) is 2.37. The van der Waals surface area contributed by atoms with Crippen LogP contribution in [0.4, 0.5) is 0 Å². The van der Waals surface area contributed by atoms with E-state index in [9.17, 15) is 0 Å². The highest BCUT2D eigenvalue weighted by Gasteiger charge is 2.34. The SMILES string of the molecule is Cc1nc(C2(C)CCCS2)nc(Cl)c1Br. The van der Waals surface area contributed by atoms with Crippen molar-refractivity contribution in [3.8, 4) is 0 Å². The number of hydrogen-bond acceptors (Lipinski definition) is 3. The zero-order valence-electron chi connectivity index (χ0n) is 8.68. The summed E-state index contributed by atoms with van der Waals surface area (Å²) < 4.78 is 0.856. The highest BCUT2D eigenvalue weighted by Crippen LogP contribution is 2.45. The number of nitrogens with zero attached hydrogens (tertiary/aromatic N) is 2. The lowest BCUT2D eigenvalue weighted by Gasteiger charge is -2.21. The van der Waals surface area contributed by atoms with Crippen molar-refractivity contribution in [1.82, 2.24) is 9.97 Å². The number of halogens is 2. The fourth-order valence-corrected chi connectivity index (χ4v) is 3.36. The Labute approximate surface area is 107 Å². The minimum Gasteiger partial charge on any atom is -0.235 e. The van der Waals surface area contributed by atoms with Gasteiger partial charge in [-0.2, -0.15) is 0 Å². The van der Waals surface area contributed by atoms with Gasteiger partial charge in [0, 0.05) is 0 Å². The van der Waals surface area contributed by atoms with Gasteiger partial charge >= 0.3 is 0 Å². The van der Waals surface area contributed by atoms with Gasteiger partial charge in [-0.3, -0.25) is 0 Å². The lowest BCUT2D eigenvalue weighted by molar-refractivity contribution is 0.601. The number of aryl methyl sites for hydroxylation is 1. The van der Waals surface area contributed by atoms with Crippen LogP contribution < -0.4 is 0 Å². The number of hydrogen-bond donors (Lipinski definition) is 0. The van der Waals surface area contributed by atoms with Gasteiger partial charge in [-0.25, -0.2) is 9.97 Å². The van der Waals surface area contributed by atoms with E-state index in [1.54, 1.807) is 0 Å². The molecule has 1 aromatic rings. The van der Waals surface area contributed by atoms with E-state index in [1.807, 2.05) is 18.7 Å². The maximum Gasteiger partial charge on any atom is 0.147 e. The molecular weight excluding hydrogens is 296 g/mol. The van der Waals surface area contributed by atoms with Crippen LogP contribution in [0.25, 0.3) is 0 Å². The quantitative estimate of drug-likeness (QED) is 0.735. The molecule has 2 nitrogen and oxygen atoms in total.